The van der Waals surface area contributed by atoms with Crippen LogP contribution in [-0.2, 0) is 16.6 Å². The van der Waals surface area contributed by atoms with Crippen LogP contribution in [0.3, 0.4) is 0 Å². The molecule has 0 bridgehead atoms. The van der Waals surface area contributed by atoms with Crippen molar-refractivity contribution >= 4 is 5.97 Å². The second-order valence-corrected chi connectivity index (χ2v) is 4.89. The molecule has 1 aliphatic carbocycles. The van der Waals surface area contributed by atoms with Gasteiger partial charge in [-0.1, -0.05) is 25.8 Å². The fourth-order valence-corrected chi connectivity index (χ4v) is 2.77. The van der Waals surface area contributed by atoms with E-state index >= 15 is 0 Å². The molecule has 0 aromatic heterocycles. The van der Waals surface area contributed by atoms with Crippen LogP contribution in [0.1, 0.15) is 43.7 Å². The van der Waals surface area contributed by atoms with E-state index in [-0.39, 0.29) is 5.56 Å². The highest BCUT2D eigenvalue weighted by molar-refractivity contribution is 5.82. The van der Waals surface area contributed by atoms with Gasteiger partial charge in [-0.3, -0.25) is 4.79 Å². The lowest BCUT2D eigenvalue weighted by molar-refractivity contribution is -0.143. The van der Waals surface area contributed by atoms with E-state index in [1.807, 2.05) is 6.92 Å². The van der Waals surface area contributed by atoms with Gasteiger partial charge < -0.3 is 5.11 Å². The van der Waals surface area contributed by atoms with Crippen molar-refractivity contribution < 1.29 is 18.7 Å². The standard InChI is InChI=1S/C14H16F2O2/c1-2-9-7-10(12(16)11(15)8-9)14(13(17)18)5-3-4-6-14/h7-8H,2-6H2,1H3,(H,17,18). The number of rotatable bonds is 3. The van der Waals surface area contributed by atoms with Crippen LogP contribution in [0.15, 0.2) is 12.1 Å². The molecule has 1 fully saturated rings. The highest BCUT2D eigenvalue weighted by atomic mass is 19.2. The lowest BCUT2D eigenvalue weighted by Gasteiger charge is -2.25. The molecule has 0 saturated heterocycles. The van der Waals surface area contributed by atoms with Crippen LogP contribution < -0.4 is 0 Å². The summed E-state index contributed by atoms with van der Waals surface area (Å²) in [6.07, 6.45) is 2.80. The van der Waals surface area contributed by atoms with E-state index in [1.54, 1.807) is 0 Å². The molecule has 0 amide bonds. The second kappa shape index (κ2) is 4.67. The van der Waals surface area contributed by atoms with Crippen molar-refractivity contribution in [2.45, 2.75) is 44.4 Å². The Morgan fingerprint density at radius 1 is 1.33 bits per heavy atom. The first kappa shape index (κ1) is 13.0. The minimum atomic E-state index is -1.24. The Labute approximate surface area is 105 Å². The van der Waals surface area contributed by atoms with Gasteiger partial charge in [0.05, 0.1) is 5.41 Å². The van der Waals surface area contributed by atoms with Crippen LogP contribution in [0.4, 0.5) is 8.78 Å². The van der Waals surface area contributed by atoms with Crippen molar-refractivity contribution in [3.05, 3.63) is 34.9 Å². The molecule has 1 aliphatic rings. The van der Waals surface area contributed by atoms with Crippen LogP contribution in [0, 0.1) is 11.6 Å². The summed E-state index contributed by atoms with van der Waals surface area (Å²) in [4.78, 5) is 11.5. The second-order valence-electron chi connectivity index (χ2n) is 4.89. The van der Waals surface area contributed by atoms with Crippen LogP contribution in [0.5, 0.6) is 0 Å². The summed E-state index contributed by atoms with van der Waals surface area (Å²) in [7, 11) is 0. The topological polar surface area (TPSA) is 37.3 Å². The third-order valence-corrected chi connectivity index (χ3v) is 3.88. The third-order valence-electron chi connectivity index (χ3n) is 3.88. The lowest BCUT2D eigenvalue weighted by atomic mass is 9.78. The van der Waals surface area contributed by atoms with Crippen molar-refractivity contribution in [2.75, 3.05) is 0 Å². The summed E-state index contributed by atoms with van der Waals surface area (Å²) in [5.74, 6) is -3.00. The van der Waals surface area contributed by atoms with Gasteiger partial charge in [0.25, 0.3) is 0 Å². The molecular weight excluding hydrogens is 238 g/mol. The lowest BCUT2D eigenvalue weighted by Crippen LogP contribution is -2.34. The maximum absolute atomic E-state index is 13.9. The molecule has 1 aromatic rings. The average Bonchev–Trinajstić information content (AvgIpc) is 2.82. The maximum atomic E-state index is 13.9. The Morgan fingerprint density at radius 3 is 2.44 bits per heavy atom. The van der Waals surface area contributed by atoms with Crippen LogP contribution in [-0.4, -0.2) is 11.1 Å². The monoisotopic (exact) mass is 254 g/mol. The number of aryl methyl sites for hydroxylation is 1. The fourth-order valence-electron chi connectivity index (χ4n) is 2.77. The summed E-state index contributed by atoms with van der Waals surface area (Å²) >= 11 is 0. The first-order chi connectivity index (χ1) is 8.51. The number of carboxylic acids is 1. The van der Waals surface area contributed by atoms with Crippen molar-refractivity contribution in [1.82, 2.24) is 0 Å². The van der Waals surface area contributed by atoms with Gasteiger partial charge in [-0.05, 0) is 30.9 Å². The van der Waals surface area contributed by atoms with Gasteiger partial charge in [-0.2, -0.15) is 0 Å². The molecule has 0 atom stereocenters. The molecule has 1 aromatic carbocycles. The van der Waals surface area contributed by atoms with E-state index in [1.165, 1.54) is 6.07 Å². The molecule has 2 rings (SSSR count). The van der Waals surface area contributed by atoms with Gasteiger partial charge in [0.2, 0.25) is 0 Å². The summed E-state index contributed by atoms with van der Waals surface area (Å²) in [5.41, 5.74) is -0.586. The molecule has 2 nitrogen and oxygen atoms in total. The normalized spacial score (nSPS) is 17.9. The first-order valence-corrected chi connectivity index (χ1v) is 6.23. The zero-order chi connectivity index (χ0) is 13.3. The smallest absolute Gasteiger partial charge is 0.314 e. The molecule has 98 valence electrons. The summed E-state index contributed by atoms with van der Waals surface area (Å²) in [5, 5.41) is 9.41. The Balaban J connectivity index is 2.61. The van der Waals surface area contributed by atoms with Crippen LogP contribution in [0.2, 0.25) is 0 Å². The number of halogens is 2. The molecule has 0 spiro atoms. The first-order valence-electron chi connectivity index (χ1n) is 6.23. The van der Waals surface area contributed by atoms with E-state index in [9.17, 15) is 18.7 Å². The van der Waals surface area contributed by atoms with Gasteiger partial charge in [-0.25, -0.2) is 8.78 Å². The zero-order valence-corrected chi connectivity index (χ0v) is 10.3. The van der Waals surface area contributed by atoms with E-state index in [0.717, 1.165) is 18.9 Å². The highest BCUT2D eigenvalue weighted by Gasteiger charge is 2.45. The number of carboxylic acid groups (broad SMARTS) is 1. The van der Waals surface area contributed by atoms with Gasteiger partial charge >= 0.3 is 5.97 Å². The van der Waals surface area contributed by atoms with Gasteiger partial charge in [0.1, 0.15) is 0 Å². The molecule has 0 unspecified atom stereocenters. The van der Waals surface area contributed by atoms with Crippen molar-refractivity contribution in [2.24, 2.45) is 0 Å². The van der Waals surface area contributed by atoms with Crippen molar-refractivity contribution in [3.63, 3.8) is 0 Å². The summed E-state index contributed by atoms with van der Waals surface area (Å²) in [6.45, 7) is 1.83. The molecular formula is C14H16F2O2. The average molecular weight is 254 g/mol. The maximum Gasteiger partial charge on any atom is 0.314 e. The van der Waals surface area contributed by atoms with Crippen LogP contribution in [0.25, 0.3) is 0 Å². The number of aliphatic carboxylic acids is 1. The molecule has 0 aliphatic heterocycles. The molecule has 18 heavy (non-hydrogen) atoms. The Morgan fingerprint density at radius 2 is 1.94 bits per heavy atom. The van der Waals surface area contributed by atoms with Crippen molar-refractivity contribution in [3.8, 4) is 0 Å². The van der Waals surface area contributed by atoms with Gasteiger partial charge in [0, 0.05) is 5.56 Å². The fraction of sp³-hybridized carbons (Fsp3) is 0.500. The number of hydrogen-bond donors (Lipinski definition) is 1. The Hall–Kier alpha value is -1.45. The van der Waals surface area contributed by atoms with E-state index in [4.69, 9.17) is 0 Å². The van der Waals surface area contributed by atoms with E-state index < -0.39 is 23.0 Å². The number of carbonyl (C=O) groups is 1. The zero-order valence-electron chi connectivity index (χ0n) is 10.3. The quantitative estimate of drug-likeness (QED) is 0.897. The number of hydrogen-bond acceptors (Lipinski definition) is 1. The molecule has 1 N–H and O–H groups in total. The Bertz CT molecular complexity index is 477. The van der Waals surface area contributed by atoms with E-state index in [2.05, 4.69) is 0 Å². The van der Waals surface area contributed by atoms with Gasteiger partial charge in [-0.15, -0.1) is 0 Å². The highest BCUT2D eigenvalue weighted by Crippen LogP contribution is 2.43. The Kier molecular flexibility index (Phi) is 3.37. The summed E-state index contributed by atoms with van der Waals surface area (Å²) < 4.78 is 27.5. The van der Waals surface area contributed by atoms with Crippen LogP contribution >= 0.6 is 0 Å². The van der Waals surface area contributed by atoms with Gasteiger partial charge in [0.15, 0.2) is 11.6 Å². The SMILES string of the molecule is CCc1cc(F)c(F)c(C2(C(=O)O)CCCC2)c1. The molecule has 1 saturated carbocycles. The predicted molar refractivity (Wildman–Crippen MR) is 63.5 cm³/mol. The van der Waals surface area contributed by atoms with Crippen molar-refractivity contribution in [1.29, 1.82) is 0 Å². The molecule has 4 heteroatoms. The minimum absolute atomic E-state index is 0.0179. The molecule has 0 heterocycles. The third kappa shape index (κ3) is 1.89. The summed E-state index contributed by atoms with van der Waals surface area (Å²) in [6, 6.07) is 2.65. The minimum Gasteiger partial charge on any atom is -0.481 e. The van der Waals surface area contributed by atoms with E-state index in [0.29, 0.717) is 24.8 Å². The molecule has 0 radical (unpaired) electrons. The number of benzene rings is 1. The largest absolute Gasteiger partial charge is 0.481 e. The predicted octanol–water partition coefficient (Wildman–Crippen LogP) is 3.42.